The molecule has 0 fully saturated rings. The second-order valence-corrected chi connectivity index (χ2v) is 5.53. The fraction of sp³-hybridized carbons (Fsp3) is 0.143. The summed E-state index contributed by atoms with van der Waals surface area (Å²) in [6.45, 7) is 0. The number of nitrogens with two attached hydrogens (primary N) is 1. The molecule has 2 aromatic carbocycles. The monoisotopic (exact) mass is 415 g/mol. The van der Waals surface area contributed by atoms with Crippen LogP contribution in [0.4, 0.5) is 13.2 Å². The van der Waals surface area contributed by atoms with Crippen molar-refractivity contribution in [2.75, 3.05) is 0 Å². The van der Waals surface area contributed by atoms with E-state index < -0.39 is 12.4 Å². The Hall–Kier alpha value is -0.950. The van der Waals surface area contributed by atoms with Crippen LogP contribution >= 0.6 is 39.9 Å². The quantitative estimate of drug-likeness (QED) is 0.719. The molecule has 0 heterocycles. The molecule has 2 nitrogen and oxygen atoms in total. The van der Waals surface area contributed by atoms with Crippen LogP contribution in [0.1, 0.15) is 17.2 Å². The normalized spacial score (nSPS) is 12.5. The molecule has 1 atom stereocenters. The summed E-state index contributed by atoms with van der Waals surface area (Å²) < 4.78 is 40.8. The molecule has 0 unspecified atom stereocenters. The predicted molar refractivity (Wildman–Crippen MR) is 85.6 cm³/mol. The zero-order valence-corrected chi connectivity index (χ0v) is 14.1. The van der Waals surface area contributed by atoms with Crippen molar-refractivity contribution in [2.24, 2.45) is 5.73 Å². The van der Waals surface area contributed by atoms with Gasteiger partial charge in [-0.2, -0.15) is 0 Å². The molecule has 0 amide bonds. The molecule has 2 aromatic rings. The highest BCUT2D eigenvalue weighted by atomic mass is 79.9. The first kappa shape index (κ1) is 19.1. The molecule has 0 saturated carbocycles. The average Bonchev–Trinajstić information content (AvgIpc) is 2.40. The average molecular weight is 417 g/mol. The molecular weight excluding hydrogens is 406 g/mol. The topological polar surface area (TPSA) is 35.2 Å². The van der Waals surface area contributed by atoms with Crippen LogP contribution in [0.3, 0.4) is 0 Å². The fourth-order valence-corrected chi connectivity index (χ4v) is 2.29. The van der Waals surface area contributed by atoms with Gasteiger partial charge in [-0.25, -0.2) is 0 Å². The highest BCUT2D eigenvalue weighted by Crippen LogP contribution is 2.29. The van der Waals surface area contributed by atoms with Gasteiger partial charge >= 0.3 is 6.36 Å². The second kappa shape index (κ2) is 7.55. The largest absolute Gasteiger partial charge is 0.573 e. The van der Waals surface area contributed by atoms with E-state index in [1.165, 1.54) is 24.3 Å². The van der Waals surface area contributed by atoms with Gasteiger partial charge in [-0.05, 0) is 51.3 Å². The maximum Gasteiger partial charge on any atom is 0.573 e. The lowest BCUT2D eigenvalue weighted by atomic mass is 10.00. The summed E-state index contributed by atoms with van der Waals surface area (Å²) in [7, 11) is 0. The number of hydrogen-bond acceptors (Lipinski definition) is 2. The van der Waals surface area contributed by atoms with E-state index in [4.69, 9.17) is 17.3 Å². The Morgan fingerprint density at radius 2 is 1.59 bits per heavy atom. The van der Waals surface area contributed by atoms with E-state index in [-0.39, 0.29) is 18.2 Å². The molecule has 0 aromatic heterocycles. The highest BCUT2D eigenvalue weighted by molar-refractivity contribution is 9.10. The molecule has 120 valence electrons. The number of benzene rings is 2. The van der Waals surface area contributed by atoms with E-state index in [9.17, 15) is 13.2 Å². The first-order chi connectivity index (χ1) is 9.76. The predicted octanol–water partition coefficient (Wildman–Crippen LogP) is 5.47. The summed E-state index contributed by atoms with van der Waals surface area (Å²) in [4.78, 5) is 0. The Kier molecular flexibility index (Phi) is 6.55. The van der Waals surface area contributed by atoms with Gasteiger partial charge in [0.25, 0.3) is 0 Å². The van der Waals surface area contributed by atoms with Gasteiger partial charge in [0.05, 0.1) is 11.1 Å². The third-order valence-corrected chi connectivity index (χ3v) is 3.99. The van der Waals surface area contributed by atoms with Crippen molar-refractivity contribution >= 4 is 39.9 Å². The standard InChI is InChI=1S/C14H10BrClF3NO.ClH/c15-11-7-9(3-6-12(11)16)13(20)8-1-4-10(5-2-8)21-14(17,18)19;/h1-7,13H,20H2;1H/t13-;/m0./s1. The molecule has 0 spiro atoms. The summed E-state index contributed by atoms with van der Waals surface area (Å²) in [6.07, 6.45) is -4.70. The van der Waals surface area contributed by atoms with Gasteiger partial charge in [0.15, 0.2) is 0 Å². The van der Waals surface area contributed by atoms with E-state index in [0.29, 0.717) is 15.1 Å². The van der Waals surface area contributed by atoms with E-state index in [0.717, 1.165) is 5.56 Å². The first-order valence-electron chi connectivity index (χ1n) is 5.82. The van der Waals surface area contributed by atoms with Crippen molar-refractivity contribution in [3.05, 3.63) is 63.1 Å². The van der Waals surface area contributed by atoms with Gasteiger partial charge in [0, 0.05) is 4.47 Å². The Bertz CT molecular complexity index is 635. The smallest absolute Gasteiger partial charge is 0.406 e. The number of alkyl halides is 3. The Balaban J connectivity index is 0.00000242. The summed E-state index contributed by atoms with van der Waals surface area (Å²) in [6, 6.07) is 10.2. The zero-order valence-electron chi connectivity index (χ0n) is 10.9. The van der Waals surface area contributed by atoms with Gasteiger partial charge in [-0.3, -0.25) is 0 Å². The molecule has 0 aliphatic heterocycles. The van der Waals surface area contributed by atoms with Gasteiger partial charge < -0.3 is 10.5 Å². The third-order valence-electron chi connectivity index (χ3n) is 2.78. The minimum absolute atomic E-state index is 0. The molecule has 0 radical (unpaired) electrons. The molecular formula is C14H11BrCl2F3NO. The van der Waals surface area contributed by atoms with Crippen molar-refractivity contribution in [3.63, 3.8) is 0 Å². The van der Waals surface area contributed by atoms with Crippen molar-refractivity contribution in [1.82, 2.24) is 0 Å². The van der Waals surface area contributed by atoms with Gasteiger partial charge in [-0.1, -0.05) is 29.8 Å². The molecule has 0 bridgehead atoms. The van der Waals surface area contributed by atoms with E-state index in [1.54, 1.807) is 18.2 Å². The Morgan fingerprint density at radius 3 is 2.09 bits per heavy atom. The number of rotatable bonds is 3. The summed E-state index contributed by atoms with van der Waals surface area (Å²) in [5, 5.41) is 0.555. The maximum absolute atomic E-state index is 12.1. The minimum atomic E-state index is -4.70. The molecule has 22 heavy (non-hydrogen) atoms. The lowest BCUT2D eigenvalue weighted by Gasteiger charge is -2.14. The second-order valence-electron chi connectivity index (χ2n) is 4.27. The van der Waals surface area contributed by atoms with Crippen molar-refractivity contribution in [3.8, 4) is 5.75 Å². The first-order valence-corrected chi connectivity index (χ1v) is 6.99. The SMILES string of the molecule is Cl.N[C@@H](c1ccc(OC(F)(F)F)cc1)c1ccc(Cl)c(Br)c1. The molecule has 2 N–H and O–H groups in total. The Morgan fingerprint density at radius 1 is 1.05 bits per heavy atom. The van der Waals surface area contributed by atoms with Gasteiger partial charge in [0.1, 0.15) is 5.75 Å². The van der Waals surface area contributed by atoms with E-state index >= 15 is 0 Å². The van der Waals surface area contributed by atoms with Crippen LogP contribution in [0.25, 0.3) is 0 Å². The minimum Gasteiger partial charge on any atom is -0.406 e. The van der Waals surface area contributed by atoms with Crippen LogP contribution in [0.5, 0.6) is 5.75 Å². The van der Waals surface area contributed by atoms with Crippen LogP contribution in [-0.2, 0) is 0 Å². The number of ether oxygens (including phenoxy) is 1. The summed E-state index contributed by atoms with van der Waals surface area (Å²) in [5.74, 6) is -0.282. The van der Waals surface area contributed by atoms with Crippen LogP contribution in [-0.4, -0.2) is 6.36 Å². The molecule has 0 saturated heterocycles. The summed E-state index contributed by atoms with van der Waals surface area (Å²) >= 11 is 9.20. The van der Waals surface area contributed by atoms with Crippen LogP contribution in [0.15, 0.2) is 46.9 Å². The van der Waals surface area contributed by atoms with Gasteiger partial charge in [0.2, 0.25) is 0 Å². The van der Waals surface area contributed by atoms with E-state index in [1.807, 2.05) is 0 Å². The van der Waals surface area contributed by atoms with E-state index in [2.05, 4.69) is 20.7 Å². The maximum atomic E-state index is 12.1. The summed E-state index contributed by atoms with van der Waals surface area (Å²) in [5.41, 5.74) is 7.54. The number of hydrogen-bond donors (Lipinski definition) is 1. The third kappa shape index (κ3) is 5.05. The molecule has 0 aliphatic rings. The molecule has 2 rings (SSSR count). The molecule has 0 aliphatic carbocycles. The lowest BCUT2D eigenvalue weighted by Crippen LogP contribution is -2.17. The highest BCUT2D eigenvalue weighted by Gasteiger charge is 2.31. The van der Waals surface area contributed by atoms with Gasteiger partial charge in [-0.15, -0.1) is 25.6 Å². The molecule has 8 heteroatoms. The number of halogens is 6. The van der Waals surface area contributed by atoms with Crippen LogP contribution < -0.4 is 10.5 Å². The van der Waals surface area contributed by atoms with Crippen molar-refractivity contribution in [2.45, 2.75) is 12.4 Å². The fourth-order valence-electron chi connectivity index (χ4n) is 1.78. The van der Waals surface area contributed by atoms with Crippen LogP contribution in [0, 0.1) is 0 Å². The Labute approximate surface area is 144 Å². The van der Waals surface area contributed by atoms with Crippen molar-refractivity contribution in [1.29, 1.82) is 0 Å². The van der Waals surface area contributed by atoms with Crippen molar-refractivity contribution < 1.29 is 17.9 Å². The lowest BCUT2D eigenvalue weighted by molar-refractivity contribution is -0.274. The zero-order chi connectivity index (χ0) is 15.6. The van der Waals surface area contributed by atoms with Crippen LogP contribution in [0.2, 0.25) is 5.02 Å².